The van der Waals surface area contributed by atoms with Gasteiger partial charge in [-0.3, -0.25) is 4.98 Å². The lowest BCUT2D eigenvalue weighted by atomic mass is 10.0. The van der Waals surface area contributed by atoms with Gasteiger partial charge < -0.3 is 19.6 Å². The maximum absolute atomic E-state index is 8.98. The highest BCUT2D eigenvalue weighted by Gasteiger charge is 2.23. The summed E-state index contributed by atoms with van der Waals surface area (Å²) in [5, 5.41) is 8.98. The van der Waals surface area contributed by atoms with E-state index in [1.165, 1.54) is 25.7 Å². The van der Waals surface area contributed by atoms with Crippen molar-refractivity contribution in [1.29, 1.82) is 0 Å². The van der Waals surface area contributed by atoms with Gasteiger partial charge in [0, 0.05) is 32.3 Å². The van der Waals surface area contributed by atoms with E-state index in [1.54, 1.807) is 6.20 Å². The molecule has 1 aliphatic carbocycles. The fourth-order valence-corrected chi connectivity index (χ4v) is 3.98. The summed E-state index contributed by atoms with van der Waals surface area (Å²) < 4.78 is 5.89. The van der Waals surface area contributed by atoms with Crippen molar-refractivity contribution in [2.75, 3.05) is 44.8 Å². The minimum absolute atomic E-state index is 0.270. The van der Waals surface area contributed by atoms with Crippen molar-refractivity contribution < 1.29 is 9.84 Å². The van der Waals surface area contributed by atoms with Crippen LogP contribution in [0.4, 0.5) is 5.82 Å². The lowest BCUT2D eigenvalue weighted by molar-refractivity contribution is 0.184. The summed E-state index contributed by atoms with van der Waals surface area (Å²) in [4.78, 5) is 13.7. The Labute approximate surface area is 151 Å². The molecule has 0 spiro atoms. The SMILES string of the molecule is CN(CCCO)C1CCN(c2cncc(OCC3CCCC3)n2)CC1. The van der Waals surface area contributed by atoms with E-state index in [2.05, 4.69) is 26.8 Å². The smallest absolute Gasteiger partial charge is 0.234 e. The maximum Gasteiger partial charge on any atom is 0.234 e. The van der Waals surface area contributed by atoms with Gasteiger partial charge in [0.05, 0.1) is 19.0 Å². The van der Waals surface area contributed by atoms with E-state index in [4.69, 9.17) is 9.84 Å². The molecule has 6 nitrogen and oxygen atoms in total. The van der Waals surface area contributed by atoms with Crippen LogP contribution in [-0.2, 0) is 0 Å². The summed E-state index contributed by atoms with van der Waals surface area (Å²) in [6, 6.07) is 0.595. The Hall–Kier alpha value is -1.40. The average Bonchev–Trinajstić information content (AvgIpc) is 3.18. The van der Waals surface area contributed by atoms with E-state index in [0.717, 1.165) is 51.3 Å². The van der Waals surface area contributed by atoms with Gasteiger partial charge in [0.2, 0.25) is 5.88 Å². The number of hydrogen-bond donors (Lipinski definition) is 1. The Morgan fingerprint density at radius 2 is 1.96 bits per heavy atom. The molecule has 2 fully saturated rings. The van der Waals surface area contributed by atoms with Crippen molar-refractivity contribution >= 4 is 5.82 Å². The molecule has 6 heteroatoms. The number of aliphatic hydroxyl groups excluding tert-OH is 1. The van der Waals surface area contributed by atoms with Crippen LogP contribution in [0.1, 0.15) is 44.9 Å². The number of aromatic nitrogens is 2. The predicted molar refractivity (Wildman–Crippen MR) is 99.1 cm³/mol. The van der Waals surface area contributed by atoms with Gasteiger partial charge >= 0.3 is 0 Å². The molecule has 140 valence electrons. The third-order valence-electron chi connectivity index (χ3n) is 5.62. The van der Waals surface area contributed by atoms with Crippen molar-refractivity contribution in [2.24, 2.45) is 5.92 Å². The molecule has 0 atom stereocenters. The van der Waals surface area contributed by atoms with Crippen LogP contribution < -0.4 is 9.64 Å². The number of aliphatic hydroxyl groups is 1. The topological polar surface area (TPSA) is 61.7 Å². The fourth-order valence-electron chi connectivity index (χ4n) is 3.98. The van der Waals surface area contributed by atoms with Crippen LogP contribution in [0.5, 0.6) is 5.88 Å². The molecule has 1 aromatic rings. The van der Waals surface area contributed by atoms with Gasteiger partial charge in [-0.2, -0.15) is 4.98 Å². The van der Waals surface area contributed by atoms with E-state index in [9.17, 15) is 0 Å². The number of nitrogens with zero attached hydrogens (tertiary/aromatic N) is 4. The highest BCUT2D eigenvalue weighted by molar-refractivity contribution is 5.38. The van der Waals surface area contributed by atoms with Gasteiger partial charge in [-0.15, -0.1) is 0 Å². The zero-order valence-corrected chi connectivity index (χ0v) is 15.4. The minimum Gasteiger partial charge on any atom is -0.476 e. The zero-order valence-electron chi connectivity index (χ0n) is 15.4. The molecule has 0 unspecified atom stereocenters. The summed E-state index contributed by atoms with van der Waals surface area (Å²) in [7, 11) is 2.16. The molecular weight excluding hydrogens is 316 g/mol. The van der Waals surface area contributed by atoms with Gasteiger partial charge in [-0.25, -0.2) is 0 Å². The Morgan fingerprint density at radius 1 is 1.20 bits per heavy atom. The second-order valence-corrected chi connectivity index (χ2v) is 7.45. The van der Waals surface area contributed by atoms with Crippen molar-refractivity contribution in [3.05, 3.63) is 12.4 Å². The molecule has 0 bridgehead atoms. The van der Waals surface area contributed by atoms with Crippen LogP contribution >= 0.6 is 0 Å². The molecule has 1 aliphatic heterocycles. The predicted octanol–water partition coefficient (Wildman–Crippen LogP) is 2.33. The maximum atomic E-state index is 8.98. The molecule has 0 radical (unpaired) electrons. The summed E-state index contributed by atoms with van der Waals surface area (Å²) in [6.45, 7) is 4.00. The third-order valence-corrected chi connectivity index (χ3v) is 5.62. The second-order valence-electron chi connectivity index (χ2n) is 7.45. The molecule has 2 aliphatic rings. The van der Waals surface area contributed by atoms with Crippen molar-refractivity contribution in [3.8, 4) is 5.88 Å². The number of rotatable bonds is 8. The first kappa shape index (κ1) is 18.4. The van der Waals surface area contributed by atoms with E-state index in [1.807, 2.05) is 6.20 Å². The van der Waals surface area contributed by atoms with Gasteiger partial charge in [0.15, 0.2) is 5.82 Å². The summed E-state index contributed by atoms with van der Waals surface area (Å²) >= 11 is 0. The van der Waals surface area contributed by atoms with Gasteiger partial charge in [0.1, 0.15) is 0 Å². The third kappa shape index (κ3) is 5.28. The Morgan fingerprint density at radius 3 is 2.68 bits per heavy atom. The molecule has 25 heavy (non-hydrogen) atoms. The van der Waals surface area contributed by atoms with Crippen LogP contribution in [0.3, 0.4) is 0 Å². The number of anilines is 1. The molecule has 0 aromatic carbocycles. The van der Waals surface area contributed by atoms with Crippen molar-refractivity contribution in [2.45, 2.75) is 51.0 Å². The fraction of sp³-hybridized carbons (Fsp3) is 0.789. The molecule has 1 N–H and O–H groups in total. The first-order chi connectivity index (χ1) is 12.3. The largest absolute Gasteiger partial charge is 0.476 e. The van der Waals surface area contributed by atoms with Crippen LogP contribution in [0, 0.1) is 5.92 Å². The zero-order chi connectivity index (χ0) is 17.5. The van der Waals surface area contributed by atoms with E-state index in [0.29, 0.717) is 17.8 Å². The van der Waals surface area contributed by atoms with Crippen molar-refractivity contribution in [3.63, 3.8) is 0 Å². The van der Waals surface area contributed by atoms with Gasteiger partial charge in [0.25, 0.3) is 0 Å². The number of hydrogen-bond acceptors (Lipinski definition) is 6. The van der Waals surface area contributed by atoms with Gasteiger partial charge in [-0.05, 0) is 45.1 Å². The van der Waals surface area contributed by atoms with E-state index >= 15 is 0 Å². The van der Waals surface area contributed by atoms with Crippen molar-refractivity contribution in [1.82, 2.24) is 14.9 Å². The average molecular weight is 348 g/mol. The normalized spacial score (nSPS) is 19.7. The quantitative estimate of drug-likeness (QED) is 0.778. The molecule has 1 saturated heterocycles. The lowest BCUT2D eigenvalue weighted by Gasteiger charge is -2.37. The molecule has 1 saturated carbocycles. The second kappa shape index (κ2) is 9.34. The first-order valence-corrected chi connectivity index (χ1v) is 9.77. The van der Waals surface area contributed by atoms with Crippen LogP contribution in [-0.4, -0.2) is 65.9 Å². The lowest BCUT2D eigenvalue weighted by Crippen LogP contribution is -2.44. The molecule has 2 heterocycles. The first-order valence-electron chi connectivity index (χ1n) is 9.77. The van der Waals surface area contributed by atoms with Crippen LogP contribution in [0.15, 0.2) is 12.4 Å². The Bertz CT molecular complexity index is 514. The van der Waals surface area contributed by atoms with Crippen LogP contribution in [0.25, 0.3) is 0 Å². The molecule has 3 rings (SSSR count). The molecule has 0 amide bonds. The minimum atomic E-state index is 0.270. The van der Waals surface area contributed by atoms with E-state index in [-0.39, 0.29) is 6.61 Å². The highest BCUT2D eigenvalue weighted by Crippen LogP contribution is 2.26. The number of piperidine rings is 1. The standard InChI is InChI=1S/C19H32N4O2/c1-22(9-4-12-24)17-7-10-23(11-8-17)18-13-20-14-19(21-18)25-15-16-5-2-3-6-16/h13-14,16-17,24H,2-12,15H2,1H3. The Kier molecular flexibility index (Phi) is 6.87. The summed E-state index contributed by atoms with van der Waals surface area (Å²) in [5.41, 5.74) is 0. The monoisotopic (exact) mass is 348 g/mol. The number of ether oxygens (including phenoxy) is 1. The highest BCUT2D eigenvalue weighted by atomic mass is 16.5. The molecule has 1 aromatic heterocycles. The summed E-state index contributed by atoms with van der Waals surface area (Å²) in [6.07, 6.45) is 11.9. The molecular formula is C19H32N4O2. The van der Waals surface area contributed by atoms with E-state index < -0.39 is 0 Å². The van der Waals surface area contributed by atoms with Crippen LogP contribution in [0.2, 0.25) is 0 Å². The van der Waals surface area contributed by atoms with Gasteiger partial charge in [-0.1, -0.05) is 12.8 Å². The summed E-state index contributed by atoms with van der Waals surface area (Å²) in [5.74, 6) is 2.28. The Balaban J connectivity index is 1.48.